The fraction of sp³-hybridized carbons (Fsp3) is 0.292. The quantitative estimate of drug-likeness (QED) is 0.371. The lowest BCUT2D eigenvalue weighted by molar-refractivity contribution is -0.146. The van der Waals surface area contributed by atoms with Crippen molar-refractivity contribution in [3.05, 3.63) is 65.2 Å². The Morgan fingerprint density at radius 3 is 2.34 bits per heavy atom. The third-order valence-corrected chi connectivity index (χ3v) is 6.69. The number of halogens is 1. The highest BCUT2D eigenvalue weighted by atomic mass is 35.5. The van der Waals surface area contributed by atoms with Crippen LogP contribution in [0.25, 0.3) is 0 Å². The number of hydrogen-bond donors (Lipinski definition) is 3. The SMILES string of the molecule is Cc1ccc(Cl)cc1NC(=O)C(C)Sc1ccc(NC(=O)C2CC=CCC2C(=O)O)cc1. The molecule has 32 heavy (non-hydrogen) atoms. The molecule has 0 fully saturated rings. The molecule has 0 aliphatic heterocycles. The maximum atomic E-state index is 12.6. The van der Waals surface area contributed by atoms with Crippen molar-refractivity contribution in [2.45, 2.75) is 36.8 Å². The van der Waals surface area contributed by atoms with E-state index in [4.69, 9.17) is 11.6 Å². The molecule has 0 radical (unpaired) electrons. The highest BCUT2D eigenvalue weighted by Gasteiger charge is 2.33. The van der Waals surface area contributed by atoms with Crippen LogP contribution < -0.4 is 10.6 Å². The van der Waals surface area contributed by atoms with Gasteiger partial charge in [-0.1, -0.05) is 29.8 Å². The van der Waals surface area contributed by atoms with Gasteiger partial charge in [-0.2, -0.15) is 0 Å². The first-order valence-corrected chi connectivity index (χ1v) is 11.5. The fourth-order valence-corrected chi connectivity index (χ4v) is 4.49. The molecule has 0 saturated heterocycles. The lowest BCUT2D eigenvalue weighted by Gasteiger charge is -2.24. The predicted octanol–water partition coefficient (Wildman–Crippen LogP) is 5.37. The van der Waals surface area contributed by atoms with E-state index in [0.717, 1.165) is 10.5 Å². The van der Waals surface area contributed by atoms with Crippen LogP contribution in [-0.4, -0.2) is 28.1 Å². The zero-order valence-electron chi connectivity index (χ0n) is 17.8. The fourth-order valence-electron chi connectivity index (χ4n) is 3.45. The van der Waals surface area contributed by atoms with Crippen LogP contribution >= 0.6 is 23.4 Å². The molecule has 3 rings (SSSR count). The molecule has 3 N–H and O–H groups in total. The summed E-state index contributed by atoms with van der Waals surface area (Å²) < 4.78 is 0. The lowest BCUT2D eigenvalue weighted by atomic mass is 9.82. The minimum atomic E-state index is -0.957. The van der Waals surface area contributed by atoms with Crippen LogP contribution in [0.5, 0.6) is 0 Å². The average Bonchev–Trinajstić information content (AvgIpc) is 2.77. The van der Waals surface area contributed by atoms with Gasteiger partial charge < -0.3 is 15.7 Å². The van der Waals surface area contributed by atoms with Crippen LogP contribution in [0.3, 0.4) is 0 Å². The molecule has 0 bridgehead atoms. The first-order chi connectivity index (χ1) is 15.2. The molecule has 0 saturated carbocycles. The second-order valence-corrected chi connectivity index (χ2v) is 9.57. The van der Waals surface area contributed by atoms with Crippen LogP contribution in [0.15, 0.2) is 59.5 Å². The summed E-state index contributed by atoms with van der Waals surface area (Å²) in [7, 11) is 0. The maximum Gasteiger partial charge on any atom is 0.307 e. The predicted molar refractivity (Wildman–Crippen MR) is 128 cm³/mol. The van der Waals surface area contributed by atoms with E-state index < -0.39 is 17.8 Å². The van der Waals surface area contributed by atoms with Crippen LogP contribution in [0.2, 0.25) is 5.02 Å². The van der Waals surface area contributed by atoms with Crippen LogP contribution in [0.1, 0.15) is 25.3 Å². The van der Waals surface area contributed by atoms with Crippen molar-refractivity contribution in [2.24, 2.45) is 11.8 Å². The number of nitrogens with one attached hydrogen (secondary N) is 2. The van der Waals surface area contributed by atoms with E-state index in [1.54, 1.807) is 30.3 Å². The standard InChI is InChI=1S/C24H25ClN2O4S/c1-14-7-8-16(25)13-21(14)27-22(28)15(2)32-18-11-9-17(10-12-18)26-23(29)19-5-3-4-6-20(19)24(30)31/h3-4,7-13,15,19-20H,5-6H2,1-2H3,(H,26,29)(H,27,28)(H,30,31). The number of aliphatic carboxylic acids is 1. The van der Waals surface area contributed by atoms with Crippen molar-refractivity contribution in [3.63, 3.8) is 0 Å². The van der Waals surface area contributed by atoms with Gasteiger partial charge in [-0.15, -0.1) is 11.8 Å². The summed E-state index contributed by atoms with van der Waals surface area (Å²) in [6.07, 6.45) is 4.42. The molecule has 2 aromatic rings. The van der Waals surface area contributed by atoms with Crippen molar-refractivity contribution in [1.82, 2.24) is 0 Å². The number of benzene rings is 2. The first-order valence-electron chi connectivity index (χ1n) is 10.3. The number of carbonyl (C=O) groups excluding carboxylic acids is 2. The number of hydrogen-bond acceptors (Lipinski definition) is 4. The van der Waals surface area contributed by atoms with Crippen LogP contribution in [0, 0.1) is 18.8 Å². The number of thioether (sulfide) groups is 1. The molecule has 3 atom stereocenters. The number of carboxylic acid groups (broad SMARTS) is 1. The Labute approximate surface area is 196 Å². The summed E-state index contributed by atoms with van der Waals surface area (Å²) in [5.41, 5.74) is 2.20. The molecule has 0 spiro atoms. The molecular formula is C24H25ClN2O4S. The summed E-state index contributed by atoms with van der Waals surface area (Å²) in [6.45, 7) is 3.72. The molecule has 1 aliphatic carbocycles. The number of amides is 2. The van der Waals surface area contributed by atoms with Gasteiger partial charge in [-0.3, -0.25) is 14.4 Å². The number of allylic oxidation sites excluding steroid dienone is 2. The van der Waals surface area contributed by atoms with E-state index in [-0.39, 0.29) is 17.1 Å². The minimum Gasteiger partial charge on any atom is -0.481 e. The van der Waals surface area contributed by atoms with Gasteiger partial charge in [0.2, 0.25) is 11.8 Å². The zero-order chi connectivity index (χ0) is 23.3. The van der Waals surface area contributed by atoms with Gasteiger partial charge in [0.25, 0.3) is 0 Å². The Morgan fingerprint density at radius 1 is 1.03 bits per heavy atom. The molecule has 8 heteroatoms. The lowest BCUT2D eigenvalue weighted by Crippen LogP contribution is -2.34. The van der Waals surface area contributed by atoms with E-state index in [2.05, 4.69) is 10.6 Å². The topological polar surface area (TPSA) is 95.5 Å². The Morgan fingerprint density at radius 2 is 1.69 bits per heavy atom. The molecule has 0 aromatic heterocycles. The van der Waals surface area contributed by atoms with Gasteiger partial charge >= 0.3 is 5.97 Å². The van der Waals surface area contributed by atoms with E-state index in [0.29, 0.717) is 29.2 Å². The van der Waals surface area contributed by atoms with Crippen molar-refractivity contribution >= 4 is 52.5 Å². The number of anilines is 2. The van der Waals surface area contributed by atoms with Crippen LogP contribution in [-0.2, 0) is 14.4 Å². The largest absolute Gasteiger partial charge is 0.481 e. The van der Waals surface area contributed by atoms with Gasteiger partial charge in [-0.05, 0) is 68.7 Å². The van der Waals surface area contributed by atoms with E-state index in [1.165, 1.54) is 11.8 Å². The minimum absolute atomic E-state index is 0.136. The molecule has 6 nitrogen and oxygen atoms in total. The monoisotopic (exact) mass is 472 g/mol. The number of carbonyl (C=O) groups is 3. The van der Waals surface area contributed by atoms with Crippen molar-refractivity contribution < 1.29 is 19.5 Å². The molecule has 1 aliphatic rings. The Bertz CT molecular complexity index is 1040. The number of aryl methyl sites for hydroxylation is 1. The van der Waals surface area contributed by atoms with Gasteiger partial charge in [0.05, 0.1) is 17.1 Å². The molecular weight excluding hydrogens is 448 g/mol. The Kier molecular flexibility index (Phi) is 7.99. The Balaban J connectivity index is 1.57. The molecule has 0 heterocycles. The zero-order valence-corrected chi connectivity index (χ0v) is 19.4. The average molecular weight is 473 g/mol. The maximum absolute atomic E-state index is 12.6. The third-order valence-electron chi connectivity index (χ3n) is 5.35. The molecule has 168 valence electrons. The second-order valence-electron chi connectivity index (χ2n) is 7.72. The molecule has 3 unspecified atom stereocenters. The molecule has 2 amide bonds. The van der Waals surface area contributed by atoms with Crippen LogP contribution in [0.4, 0.5) is 11.4 Å². The third kappa shape index (κ3) is 6.14. The van der Waals surface area contributed by atoms with Crippen molar-refractivity contribution in [3.8, 4) is 0 Å². The molecule has 2 aromatic carbocycles. The number of carboxylic acids is 1. The summed E-state index contributed by atoms with van der Waals surface area (Å²) in [5, 5.41) is 15.3. The summed E-state index contributed by atoms with van der Waals surface area (Å²) >= 11 is 7.41. The van der Waals surface area contributed by atoms with E-state index in [1.807, 2.05) is 38.1 Å². The van der Waals surface area contributed by atoms with Crippen molar-refractivity contribution in [2.75, 3.05) is 10.6 Å². The Hall–Kier alpha value is -2.77. The van der Waals surface area contributed by atoms with Crippen molar-refractivity contribution in [1.29, 1.82) is 0 Å². The van der Waals surface area contributed by atoms with Gasteiger partial charge in [0.15, 0.2) is 0 Å². The van der Waals surface area contributed by atoms with Gasteiger partial charge in [0, 0.05) is 21.3 Å². The highest BCUT2D eigenvalue weighted by molar-refractivity contribution is 8.00. The second kappa shape index (κ2) is 10.7. The highest BCUT2D eigenvalue weighted by Crippen LogP contribution is 2.29. The first kappa shape index (κ1) is 23.9. The van der Waals surface area contributed by atoms with Gasteiger partial charge in [-0.25, -0.2) is 0 Å². The normalized spacial score (nSPS) is 18.6. The van der Waals surface area contributed by atoms with E-state index in [9.17, 15) is 19.5 Å². The van der Waals surface area contributed by atoms with Gasteiger partial charge in [0.1, 0.15) is 0 Å². The summed E-state index contributed by atoms with van der Waals surface area (Å²) in [6, 6.07) is 12.5. The summed E-state index contributed by atoms with van der Waals surface area (Å²) in [5.74, 6) is -2.70. The number of rotatable bonds is 7. The summed E-state index contributed by atoms with van der Waals surface area (Å²) in [4.78, 5) is 37.4. The van der Waals surface area contributed by atoms with E-state index >= 15 is 0 Å². The smallest absolute Gasteiger partial charge is 0.307 e.